The zero-order valence-corrected chi connectivity index (χ0v) is 37.6. The van der Waals surface area contributed by atoms with E-state index in [0.717, 1.165) is 70.6 Å². The normalized spacial score (nSPS) is 20.7. The predicted molar refractivity (Wildman–Crippen MR) is 234 cm³/mol. The molecule has 1 rings (SSSR count). The first-order valence-electron chi connectivity index (χ1n) is 23.2. The van der Waals surface area contributed by atoms with Crippen LogP contribution in [0.2, 0.25) is 0 Å². The number of ether oxygens (including phenoxy) is 4. The summed E-state index contributed by atoms with van der Waals surface area (Å²) in [5, 5.41) is 30.7. The Balaban J connectivity index is 2.42. The van der Waals surface area contributed by atoms with Crippen LogP contribution in [0.3, 0.4) is 0 Å². The number of allylic oxidation sites excluding steroid dienone is 6. The number of aliphatic hydroxyl groups excluding tert-OH is 3. The number of hydrogen-bond acceptors (Lipinski definition) is 11. The average Bonchev–Trinajstić information content (AvgIpc) is 3.20. The second-order valence-electron chi connectivity index (χ2n) is 16.0. The van der Waals surface area contributed by atoms with Gasteiger partial charge in [-0.2, -0.15) is 8.42 Å². The molecule has 0 saturated carbocycles. The van der Waals surface area contributed by atoms with Crippen molar-refractivity contribution in [2.45, 2.75) is 224 Å². The largest absolute Gasteiger partial charge is 0.457 e. The lowest BCUT2D eigenvalue weighted by Gasteiger charge is -2.41. The van der Waals surface area contributed by atoms with Crippen LogP contribution in [0.1, 0.15) is 187 Å². The smallest absolute Gasteiger partial charge is 0.397 e. The molecule has 0 aromatic carbocycles. The Bertz CT molecular complexity index is 1180. The van der Waals surface area contributed by atoms with Crippen molar-refractivity contribution in [3.05, 3.63) is 36.5 Å². The van der Waals surface area contributed by atoms with Gasteiger partial charge in [0.05, 0.1) is 19.8 Å². The van der Waals surface area contributed by atoms with E-state index in [2.05, 4.69) is 54.5 Å². The fraction of sp³-hybridized carbons (Fsp3) is 0.848. The molecule has 13 heteroatoms. The number of carbonyl (C=O) groups excluding carboxylic acids is 1. The van der Waals surface area contributed by atoms with E-state index in [1.165, 1.54) is 89.9 Å². The first-order chi connectivity index (χ1) is 28.6. The minimum atomic E-state index is -5.06. The van der Waals surface area contributed by atoms with Crippen molar-refractivity contribution in [2.24, 2.45) is 0 Å². The zero-order chi connectivity index (χ0) is 43.2. The maximum atomic E-state index is 12.9. The van der Waals surface area contributed by atoms with Crippen molar-refractivity contribution in [1.82, 2.24) is 0 Å². The van der Waals surface area contributed by atoms with Gasteiger partial charge in [0, 0.05) is 13.0 Å². The molecule has 4 N–H and O–H groups in total. The molecule has 1 aliphatic heterocycles. The van der Waals surface area contributed by atoms with Crippen LogP contribution in [0.5, 0.6) is 0 Å². The highest BCUT2D eigenvalue weighted by Crippen LogP contribution is 2.26. The summed E-state index contributed by atoms with van der Waals surface area (Å²) in [6, 6.07) is 0. The fourth-order valence-corrected chi connectivity index (χ4v) is 7.55. The van der Waals surface area contributed by atoms with Gasteiger partial charge in [-0.3, -0.25) is 9.35 Å². The molecular weight excluding hydrogens is 777 g/mol. The van der Waals surface area contributed by atoms with E-state index >= 15 is 0 Å². The first-order valence-corrected chi connectivity index (χ1v) is 24.6. The van der Waals surface area contributed by atoms with Crippen molar-refractivity contribution < 1.29 is 56.2 Å². The van der Waals surface area contributed by atoms with Crippen LogP contribution in [0.25, 0.3) is 0 Å². The summed E-state index contributed by atoms with van der Waals surface area (Å²) in [4.78, 5) is 12.9. The topological polar surface area (TPSA) is 178 Å². The van der Waals surface area contributed by atoms with Gasteiger partial charge >= 0.3 is 16.4 Å². The standard InChI is InChI=1S/C46H84O12S/c1-3-5-7-9-11-13-15-17-19-20-21-23-25-27-29-31-33-35-42(48)56-40(39-55-46-44(50)45(58-59(51,52)53)43(49)41(37-47)57-46)38-54-36-34-32-30-28-26-24-22-18-16-14-12-10-8-6-4-2/h5,7,11,13,17,19,40-41,43-47,49-50H,3-4,6,8-10,12,14-16,18,20-39H2,1-2H3,(H,51,52,53)/b7-5-,13-11-,19-17-. The molecule has 0 aliphatic carbocycles. The maximum absolute atomic E-state index is 12.9. The van der Waals surface area contributed by atoms with Crippen LogP contribution in [-0.4, -0.2) is 97.5 Å². The molecule has 1 aliphatic rings. The Kier molecular flexibility index (Phi) is 35.7. The molecule has 0 bridgehead atoms. The van der Waals surface area contributed by atoms with Crippen LogP contribution < -0.4 is 0 Å². The molecule has 1 heterocycles. The van der Waals surface area contributed by atoms with Gasteiger partial charge in [0.15, 0.2) is 6.29 Å². The molecule has 0 aromatic rings. The third-order valence-corrected chi connectivity index (χ3v) is 11.0. The van der Waals surface area contributed by atoms with Gasteiger partial charge in [0.25, 0.3) is 0 Å². The predicted octanol–water partition coefficient (Wildman–Crippen LogP) is 9.80. The van der Waals surface area contributed by atoms with E-state index in [1.54, 1.807) is 0 Å². The van der Waals surface area contributed by atoms with Crippen molar-refractivity contribution in [3.8, 4) is 0 Å². The van der Waals surface area contributed by atoms with E-state index in [0.29, 0.717) is 13.0 Å². The Labute approximate surface area is 358 Å². The second-order valence-corrected chi connectivity index (χ2v) is 17.0. The summed E-state index contributed by atoms with van der Waals surface area (Å²) in [6.07, 6.45) is 34.6. The number of carbonyl (C=O) groups is 1. The van der Waals surface area contributed by atoms with Crippen molar-refractivity contribution in [3.63, 3.8) is 0 Å². The Morgan fingerprint density at radius 2 is 1.17 bits per heavy atom. The van der Waals surface area contributed by atoms with Crippen LogP contribution in [0.15, 0.2) is 36.5 Å². The monoisotopic (exact) mass is 861 g/mol. The van der Waals surface area contributed by atoms with Gasteiger partial charge in [-0.1, -0.05) is 172 Å². The lowest BCUT2D eigenvalue weighted by Crippen LogP contribution is -2.60. The highest BCUT2D eigenvalue weighted by Gasteiger charge is 2.48. The van der Waals surface area contributed by atoms with Gasteiger partial charge in [-0.25, -0.2) is 4.18 Å². The fourth-order valence-electron chi connectivity index (χ4n) is 7.04. The SMILES string of the molecule is CC/C=C\C/C=C\C/C=C\CCCCCCCCCC(=O)OC(COCCCCCCCCCCCCCCCCC)COC1OC(CO)C(O)C(OS(=O)(=O)O)C1O. The van der Waals surface area contributed by atoms with Crippen molar-refractivity contribution in [1.29, 1.82) is 0 Å². The molecule has 6 unspecified atom stereocenters. The van der Waals surface area contributed by atoms with Crippen LogP contribution in [0, 0.1) is 0 Å². The van der Waals surface area contributed by atoms with Gasteiger partial charge in [-0.15, -0.1) is 0 Å². The zero-order valence-electron chi connectivity index (χ0n) is 36.8. The number of rotatable bonds is 40. The molecule has 6 atom stereocenters. The van der Waals surface area contributed by atoms with Gasteiger partial charge in [-0.05, 0) is 44.9 Å². The second kappa shape index (κ2) is 38.0. The third-order valence-electron chi connectivity index (χ3n) is 10.5. The first kappa shape index (κ1) is 55.3. The third kappa shape index (κ3) is 31.8. The van der Waals surface area contributed by atoms with E-state index in [-0.39, 0.29) is 19.6 Å². The van der Waals surface area contributed by atoms with Gasteiger partial charge in [0.1, 0.15) is 30.5 Å². The molecule has 0 radical (unpaired) electrons. The maximum Gasteiger partial charge on any atom is 0.397 e. The number of hydrogen-bond donors (Lipinski definition) is 4. The van der Waals surface area contributed by atoms with Gasteiger partial charge < -0.3 is 34.3 Å². The average molecular weight is 861 g/mol. The van der Waals surface area contributed by atoms with E-state index < -0.39 is 59.8 Å². The summed E-state index contributed by atoms with van der Waals surface area (Å²) in [6.45, 7) is 3.88. The van der Waals surface area contributed by atoms with Crippen LogP contribution in [-0.2, 0) is 38.3 Å². The minimum absolute atomic E-state index is 0.0344. The van der Waals surface area contributed by atoms with Crippen molar-refractivity contribution in [2.75, 3.05) is 26.4 Å². The van der Waals surface area contributed by atoms with E-state index in [1.807, 2.05) is 0 Å². The molecule has 346 valence electrons. The van der Waals surface area contributed by atoms with E-state index in [9.17, 15) is 28.5 Å². The molecule has 0 amide bonds. The molecule has 59 heavy (non-hydrogen) atoms. The highest BCUT2D eigenvalue weighted by atomic mass is 32.3. The summed E-state index contributed by atoms with van der Waals surface area (Å²) in [5.41, 5.74) is 0. The quantitative estimate of drug-likeness (QED) is 0.0199. The van der Waals surface area contributed by atoms with Crippen LogP contribution >= 0.6 is 0 Å². The highest BCUT2D eigenvalue weighted by molar-refractivity contribution is 7.80. The summed E-state index contributed by atoms with van der Waals surface area (Å²) < 4.78 is 59.1. The Morgan fingerprint density at radius 3 is 1.71 bits per heavy atom. The lowest BCUT2D eigenvalue weighted by molar-refractivity contribution is -0.301. The van der Waals surface area contributed by atoms with E-state index in [4.69, 9.17) is 23.5 Å². The Hall–Kier alpha value is -1.68. The molecule has 1 fully saturated rings. The molecule has 12 nitrogen and oxygen atoms in total. The number of esters is 1. The van der Waals surface area contributed by atoms with Gasteiger partial charge in [0.2, 0.25) is 0 Å². The summed E-state index contributed by atoms with van der Waals surface area (Å²) >= 11 is 0. The Morgan fingerprint density at radius 1 is 0.661 bits per heavy atom. The molecule has 1 saturated heterocycles. The minimum Gasteiger partial charge on any atom is -0.457 e. The number of aliphatic hydroxyl groups is 3. The number of unbranched alkanes of at least 4 members (excludes halogenated alkanes) is 21. The summed E-state index contributed by atoms with van der Waals surface area (Å²) in [5.74, 6) is -0.408. The van der Waals surface area contributed by atoms with Crippen molar-refractivity contribution >= 4 is 16.4 Å². The summed E-state index contributed by atoms with van der Waals surface area (Å²) in [7, 11) is -5.06. The van der Waals surface area contributed by atoms with Crippen LogP contribution in [0.4, 0.5) is 0 Å². The molecule has 0 spiro atoms. The molecular formula is C46H84O12S. The molecule has 0 aromatic heterocycles. The lowest BCUT2D eigenvalue weighted by atomic mass is 9.99.